The van der Waals surface area contributed by atoms with Crippen LogP contribution in [-0.4, -0.2) is 41.6 Å². The molecule has 8 heteroatoms. The van der Waals surface area contributed by atoms with Gasteiger partial charge in [-0.2, -0.15) is 0 Å². The van der Waals surface area contributed by atoms with Crippen LogP contribution in [-0.2, 0) is 23.9 Å². The number of ketones is 1. The van der Waals surface area contributed by atoms with Crippen molar-refractivity contribution in [1.82, 2.24) is 0 Å². The lowest BCUT2D eigenvalue weighted by molar-refractivity contribution is -0.173. The average Bonchev–Trinajstić information content (AvgIpc) is 2.92. The summed E-state index contributed by atoms with van der Waals surface area (Å²) < 4.78 is 16.0. The minimum absolute atomic E-state index is 0.0949. The Hall–Kier alpha value is -1.67. The summed E-state index contributed by atoms with van der Waals surface area (Å²) in [6.45, 7) is 4.86. The summed E-state index contributed by atoms with van der Waals surface area (Å²) in [6, 6.07) is 3.15. The van der Waals surface area contributed by atoms with Crippen LogP contribution in [0.3, 0.4) is 0 Å². The summed E-state index contributed by atoms with van der Waals surface area (Å²) in [6.07, 6.45) is -0.349. The largest absolute Gasteiger partial charge is 0.466 e. The third kappa shape index (κ3) is 3.95. The molecular formula is C17H21BrO7. The molecule has 25 heavy (non-hydrogen) atoms. The Balaban J connectivity index is 2.56. The van der Waals surface area contributed by atoms with Gasteiger partial charge in [-0.05, 0) is 48.8 Å². The highest BCUT2D eigenvalue weighted by atomic mass is 79.9. The molecule has 1 aromatic rings. The van der Waals surface area contributed by atoms with Crippen LogP contribution in [0.2, 0.25) is 0 Å². The lowest BCUT2D eigenvalue weighted by Gasteiger charge is -2.42. The van der Waals surface area contributed by atoms with Crippen LogP contribution in [0, 0.1) is 11.8 Å². The summed E-state index contributed by atoms with van der Waals surface area (Å²) in [5.74, 6) is -5.09. The second kappa shape index (κ2) is 7.70. The highest BCUT2D eigenvalue weighted by Crippen LogP contribution is 2.47. The van der Waals surface area contributed by atoms with Gasteiger partial charge in [-0.1, -0.05) is 0 Å². The molecule has 138 valence electrons. The molecule has 1 N–H and O–H groups in total. The molecule has 1 saturated carbocycles. The predicted octanol–water partition coefficient (Wildman–Crippen LogP) is 2.21. The Morgan fingerprint density at radius 1 is 1.28 bits per heavy atom. The van der Waals surface area contributed by atoms with E-state index in [0.717, 1.165) is 0 Å². The zero-order chi connectivity index (χ0) is 18.8. The first-order chi connectivity index (χ1) is 11.7. The van der Waals surface area contributed by atoms with Gasteiger partial charge in [-0.15, -0.1) is 0 Å². The van der Waals surface area contributed by atoms with Gasteiger partial charge >= 0.3 is 11.9 Å². The van der Waals surface area contributed by atoms with Crippen molar-refractivity contribution in [1.29, 1.82) is 0 Å². The van der Waals surface area contributed by atoms with E-state index in [1.165, 1.54) is 6.92 Å². The molecule has 0 bridgehead atoms. The number of esters is 2. The highest BCUT2D eigenvalue weighted by Gasteiger charge is 2.58. The Kier molecular flexibility index (Phi) is 6.05. The molecule has 0 aliphatic heterocycles. The zero-order valence-electron chi connectivity index (χ0n) is 14.3. The lowest BCUT2D eigenvalue weighted by atomic mass is 9.63. The molecule has 1 aliphatic carbocycles. The number of hydrogen-bond acceptors (Lipinski definition) is 7. The molecule has 1 fully saturated rings. The number of carbonyl (C=O) groups excluding carboxylic acids is 3. The van der Waals surface area contributed by atoms with E-state index >= 15 is 0 Å². The van der Waals surface area contributed by atoms with Crippen LogP contribution in [0.4, 0.5) is 0 Å². The fraction of sp³-hybridized carbons (Fsp3) is 0.588. The fourth-order valence-electron chi connectivity index (χ4n) is 3.33. The molecular weight excluding hydrogens is 396 g/mol. The van der Waals surface area contributed by atoms with E-state index in [1.807, 2.05) is 0 Å². The van der Waals surface area contributed by atoms with Gasteiger partial charge in [0.05, 0.1) is 30.7 Å². The normalized spacial score (nSPS) is 29.3. The first-order valence-electron chi connectivity index (χ1n) is 8.06. The molecule has 0 aromatic carbocycles. The fourth-order valence-corrected chi connectivity index (χ4v) is 3.65. The van der Waals surface area contributed by atoms with Crippen LogP contribution in [0.5, 0.6) is 0 Å². The molecule has 1 aromatic heterocycles. The van der Waals surface area contributed by atoms with Crippen LogP contribution < -0.4 is 0 Å². The standard InChI is InChI=1S/C17H21BrO7/c1-4-23-15(20)12-9(19)8-17(3,22)14(16(21)24-5-2)13(12)10-6-7-11(18)25-10/h6-7,12-14,22H,4-5,8H2,1-3H3/t12-,13+,14+,17+/m1/s1. The molecule has 4 atom stereocenters. The average molecular weight is 417 g/mol. The van der Waals surface area contributed by atoms with Crippen molar-refractivity contribution in [3.8, 4) is 0 Å². The van der Waals surface area contributed by atoms with Crippen molar-refractivity contribution >= 4 is 33.7 Å². The quantitative estimate of drug-likeness (QED) is 0.579. The second-order valence-corrected chi connectivity index (χ2v) is 6.91. The third-order valence-electron chi connectivity index (χ3n) is 4.27. The third-order valence-corrected chi connectivity index (χ3v) is 4.70. The summed E-state index contributed by atoms with van der Waals surface area (Å²) in [4.78, 5) is 37.5. The van der Waals surface area contributed by atoms with Gasteiger partial charge in [-0.3, -0.25) is 14.4 Å². The maximum Gasteiger partial charge on any atom is 0.317 e. The molecule has 1 heterocycles. The number of hydrogen-bond donors (Lipinski definition) is 1. The minimum Gasteiger partial charge on any atom is -0.466 e. The van der Waals surface area contributed by atoms with Gasteiger partial charge in [0.25, 0.3) is 0 Å². The second-order valence-electron chi connectivity index (χ2n) is 6.13. The maximum absolute atomic E-state index is 12.6. The van der Waals surface area contributed by atoms with E-state index in [1.54, 1.807) is 26.0 Å². The Morgan fingerprint density at radius 2 is 1.88 bits per heavy atom. The first kappa shape index (κ1) is 19.7. The van der Waals surface area contributed by atoms with E-state index in [-0.39, 0.29) is 25.4 Å². The lowest BCUT2D eigenvalue weighted by Crippen LogP contribution is -2.55. The van der Waals surface area contributed by atoms with Crippen molar-refractivity contribution in [3.05, 3.63) is 22.6 Å². The molecule has 0 unspecified atom stereocenters. The van der Waals surface area contributed by atoms with Crippen LogP contribution in [0.25, 0.3) is 0 Å². The van der Waals surface area contributed by atoms with E-state index in [9.17, 15) is 19.5 Å². The van der Waals surface area contributed by atoms with E-state index in [2.05, 4.69) is 15.9 Å². The van der Waals surface area contributed by atoms with E-state index < -0.39 is 41.1 Å². The summed E-state index contributed by atoms with van der Waals surface area (Å²) >= 11 is 3.17. The Labute approximate surface area is 153 Å². The molecule has 0 radical (unpaired) electrons. The van der Waals surface area contributed by atoms with Crippen molar-refractivity contribution in [2.45, 2.75) is 38.7 Å². The first-order valence-corrected chi connectivity index (χ1v) is 8.85. The van der Waals surface area contributed by atoms with Gasteiger partial charge in [0.15, 0.2) is 10.5 Å². The Morgan fingerprint density at radius 3 is 2.40 bits per heavy atom. The molecule has 1 aliphatic rings. The van der Waals surface area contributed by atoms with Gasteiger partial charge in [0, 0.05) is 6.42 Å². The number of ether oxygens (including phenoxy) is 2. The molecule has 0 amide bonds. The van der Waals surface area contributed by atoms with Crippen molar-refractivity contribution in [3.63, 3.8) is 0 Å². The summed E-state index contributed by atoms with van der Waals surface area (Å²) in [5.41, 5.74) is -1.67. The maximum atomic E-state index is 12.6. The number of furan rings is 1. The molecule has 0 saturated heterocycles. The van der Waals surface area contributed by atoms with E-state index in [4.69, 9.17) is 13.9 Å². The zero-order valence-corrected chi connectivity index (χ0v) is 15.9. The minimum atomic E-state index is -1.67. The van der Waals surface area contributed by atoms with Crippen molar-refractivity contribution < 1.29 is 33.4 Å². The monoisotopic (exact) mass is 416 g/mol. The van der Waals surface area contributed by atoms with Gasteiger partial charge in [0.1, 0.15) is 11.7 Å². The molecule has 0 spiro atoms. The van der Waals surface area contributed by atoms with Crippen molar-refractivity contribution in [2.75, 3.05) is 13.2 Å². The van der Waals surface area contributed by atoms with Crippen LogP contribution in [0.15, 0.2) is 21.2 Å². The summed E-state index contributed by atoms with van der Waals surface area (Å²) in [5, 5.41) is 10.7. The van der Waals surface area contributed by atoms with Gasteiger partial charge in [-0.25, -0.2) is 0 Å². The highest BCUT2D eigenvalue weighted by molar-refractivity contribution is 9.10. The molecule has 2 rings (SSSR count). The van der Waals surface area contributed by atoms with E-state index in [0.29, 0.717) is 4.67 Å². The summed E-state index contributed by atoms with van der Waals surface area (Å²) in [7, 11) is 0. The number of Topliss-reactive ketones (excluding diaryl/α,β-unsaturated/α-hetero) is 1. The predicted molar refractivity (Wildman–Crippen MR) is 89.6 cm³/mol. The van der Waals surface area contributed by atoms with Crippen molar-refractivity contribution in [2.24, 2.45) is 11.8 Å². The number of rotatable bonds is 5. The molecule has 7 nitrogen and oxygen atoms in total. The topological polar surface area (TPSA) is 103 Å². The van der Waals surface area contributed by atoms with Crippen LogP contribution in [0.1, 0.15) is 38.9 Å². The Bertz CT molecular complexity index is 664. The smallest absolute Gasteiger partial charge is 0.317 e. The number of aliphatic hydroxyl groups is 1. The van der Waals surface area contributed by atoms with Gasteiger partial charge in [0.2, 0.25) is 0 Å². The SMILES string of the molecule is CCOC(=O)[C@@H]1C(=O)C[C@](C)(O)[C@H](C(=O)OCC)[C@H]1c1ccc(Br)o1. The van der Waals surface area contributed by atoms with Crippen LogP contribution >= 0.6 is 15.9 Å². The van der Waals surface area contributed by atoms with Gasteiger partial charge < -0.3 is 19.0 Å². The number of halogens is 1. The number of carbonyl (C=O) groups is 3.